The highest BCUT2D eigenvalue weighted by Crippen LogP contribution is 2.42. The lowest BCUT2D eigenvalue weighted by molar-refractivity contribution is 0.319. The quantitative estimate of drug-likeness (QED) is 0.850. The highest BCUT2D eigenvalue weighted by Gasteiger charge is 2.22. The number of benzene rings is 1. The average molecular weight is 291 g/mol. The SMILES string of the molecule is CNC(Cc1ccco1)c1ccc(OC)c(OC)c1OC. The number of furan rings is 1. The standard InChI is InChI=1S/C16H21NO4/c1-17-13(10-11-6-5-9-21-11)12-7-8-14(18-2)16(20-4)15(12)19-3/h5-9,13,17H,10H2,1-4H3. The zero-order valence-electron chi connectivity index (χ0n) is 12.8. The van der Waals surface area contributed by atoms with Gasteiger partial charge in [-0.05, 0) is 31.3 Å². The van der Waals surface area contributed by atoms with Crippen molar-refractivity contribution in [1.29, 1.82) is 0 Å². The molecule has 21 heavy (non-hydrogen) atoms. The molecule has 1 aromatic carbocycles. The summed E-state index contributed by atoms with van der Waals surface area (Å²) in [6.07, 6.45) is 2.39. The van der Waals surface area contributed by atoms with Crippen molar-refractivity contribution >= 4 is 0 Å². The van der Waals surface area contributed by atoms with E-state index in [0.29, 0.717) is 17.2 Å². The predicted octanol–water partition coefficient (Wildman–Crippen LogP) is 2.81. The summed E-state index contributed by atoms with van der Waals surface area (Å²) in [5.74, 6) is 2.82. The lowest BCUT2D eigenvalue weighted by Gasteiger charge is -2.21. The predicted molar refractivity (Wildman–Crippen MR) is 80.3 cm³/mol. The molecule has 0 amide bonds. The third-order valence-corrected chi connectivity index (χ3v) is 3.44. The van der Waals surface area contributed by atoms with Crippen molar-refractivity contribution in [2.24, 2.45) is 0 Å². The van der Waals surface area contributed by atoms with Crippen molar-refractivity contribution in [3.8, 4) is 17.2 Å². The van der Waals surface area contributed by atoms with E-state index >= 15 is 0 Å². The summed E-state index contributed by atoms with van der Waals surface area (Å²) in [5.41, 5.74) is 0.994. The molecule has 0 saturated carbocycles. The largest absolute Gasteiger partial charge is 0.493 e. The summed E-state index contributed by atoms with van der Waals surface area (Å²) in [4.78, 5) is 0. The van der Waals surface area contributed by atoms with Crippen LogP contribution in [0.1, 0.15) is 17.4 Å². The summed E-state index contributed by atoms with van der Waals surface area (Å²) in [7, 11) is 6.74. The van der Waals surface area contributed by atoms with Crippen LogP contribution in [-0.2, 0) is 6.42 Å². The lowest BCUT2D eigenvalue weighted by atomic mass is 10.0. The molecule has 0 saturated heterocycles. The van der Waals surface area contributed by atoms with Crippen molar-refractivity contribution in [1.82, 2.24) is 5.32 Å². The molecule has 0 bridgehead atoms. The van der Waals surface area contributed by atoms with Gasteiger partial charge in [0.25, 0.3) is 0 Å². The van der Waals surface area contributed by atoms with Crippen molar-refractivity contribution < 1.29 is 18.6 Å². The van der Waals surface area contributed by atoms with Crippen LogP contribution >= 0.6 is 0 Å². The fourth-order valence-corrected chi connectivity index (χ4v) is 2.40. The Morgan fingerprint density at radius 2 is 1.81 bits per heavy atom. The van der Waals surface area contributed by atoms with Crippen molar-refractivity contribution in [2.45, 2.75) is 12.5 Å². The van der Waals surface area contributed by atoms with Gasteiger partial charge in [0.2, 0.25) is 5.75 Å². The van der Waals surface area contributed by atoms with E-state index in [1.54, 1.807) is 27.6 Å². The Morgan fingerprint density at radius 1 is 1.05 bits per heavy atom. The van der Waals surface area contributed by atoms with Crippen LogP contribution in [0.15, 0.2) is 34.9 Å². The first-order valence-corrected chi connectivity index (χ1v) is 6.73. The van der Waals surface area contributed by atoms with Gasteiger partial charge in [-0.25, -0.2) is 0 Å². The summed E-state index contributed by atoms with van der Waals surface area (Å²) >= 11 is 0. The molecule has 2 rings (SSSR count). The monoisotopic (exact) mass is 291 g/mol. The fourth-order valence-electron chi connectivity index (χ4n) is 2.40. The molecule has 1 N–H and O–H groups in total. The Hall–Kier alpha value is -2.14. The van der Waals surface area contributed by atoms with E-state index < -0.39 is 0 Å². The maximum absolute atomic E-state index is 5.54. The van der Waals surface area contributed by atoms with Gasteiger partial charge in [-0.1, -0.05) is 0 Å². The molecular formula is C16H21NO4. The van der Waals surface area contributed by atoms with E-state index in [1.165, 1.54) is 0 Å². The van der Waals surface area contributed by atoms with Crippen LogP contribution in [0.25, 0.3) is 0 Å². The second-order valence-electron chi connectivity index (χ2n) is 4.55. The van der Waals surface area contributed by atoms with Gasteiger partial charge in [0.15, 0.2) is 11.5 Å². The maximum Gasteiger partial charge on any atom is 0.203 e. The summed E-state index contributed by atoms with van der Waals surface area (Å²) in [5, 5.41) is 3.28. The third kappa shape index (κ3) is 3.13. The van der Waals surface area contributed by atoms with Crippen LogP contribution in [0.4, 0.5) is 0 Å². The van der Waals surface area contributed by atoms with Crippen molar-refractivity contribution in [3.63, 3.8) is 0 Å². The van der Waals surface area contributed by atoms with Gasteiger partial charge >= 0.3 is 0 Å². The van der Waals surface area contributed by atoms with Crippen molar-refractivity contribution in [3.05, 3.63) is 41.9 Å². The fraction of sp³-hybridized carbons (Fsp3) is 0.375. The molecule has 1 heterocycles. The van der Waals surface area contributed by atoms with Crippen LogP contribution in [0.5, 0.6) is 17.2 Å². The van der Waals surface area contributed by atoms with E-state index in [-0.39, 0.29) is 6.04 Å². The molecule has 1 atom stereocenters. The molecule has 0 aliphatic carbocycles. The van der Waals surface area contributed by atoms with Gasteiger partial charge in [-0.3, -0.25) is 0 Å². The second kappa shape index (κ2) is 7.04. The van der Waals surface area contributed by atoms with E-state index in [9.17, 15) is 0 Å². The Balaban J connectivity index is 2.40. The van der Waals surface area contributed by atoms with E-state index in [1.807, 2.05) is 31.3 Å². The van der Waals surface area contributed by atoms with Crippen LogP contribution in [0, 0.1) is 0 Å². The van der Waals surface area contributed by atoms with Gasteiger partial charge in [0.05, 0.1) is 27.6 Å². The number of ether oxygens (including phenoxy) is 3. The van der Waals surface area contributed by atoms with E-state index in [0.717, 1.165) is 17.7 Å². The topological polar surface area (TPSA) is 52.9 Å². The molecule has 2 aromatic rings. The Morgan fingerprint density at radius 3 is 2.33 bits per heavy atom. The molecule has 5 nitrogen and oxygen atoms in total. The number of nitrogens with one attached hydrogen (secondary N) is 1. The molecular weight excluding hydrogens is 270 g/mol. The molecule has 1 aromatic heterocycles. The van der Waals surface area contributed by atoms with Crippen LogP contribution in [0.2, 0.25) is 0 Å². The lowest BCUT2D eigenvalue weighted by Crippen LogP contribution is -2.19. The molecule has 1 unspecified atom stereocenters. The third-order valence-electron chi connectivity index (χ3n) is 3.44. The highest BCUT2D eigenvalue weighted by atomic mass is 16.5. The molecule has 0 aliphatic heterocycles. The Labute approximate surface area is 124 Å². The maximum atomic E-state index is 5.54. The minimum Gasteiger partial charge on any atom is -0.493 e. The average Bonchev–Trinajstić information content (AvgIpc) is 3.04. The number of hydrogen-bond donors (Lipinski definition) is 1. The van der Waals surface area contributed by atoms with E-state index in [2.05, 4.69) is 5.32 Å². The number of hydrogen-bond acceptors (Lipinski definition) is 5. The molecule has 5 heteroatoms. The van der Waals surface area contributed by atoms with E-state index in [4.69, 9.17) is 18.6 Å². The number of rotatable bonds is 7. The van der Waals surface area contributed by atoms with Gasteiger partial charge in [0.1, 0.15) is 5.76 Å². The Bertz CT molecular complexity index is 566. The second-order valence-corrected chi connectivity index (χ2v) is 4.55. The highest BCUT2D eigenvalue weighted by molar-refractivity contribution is 5.56. The zero-order chi connectivity index (χ0) is 15.2. The summed E-state index contributed by atoms with van der Waals surface area (Å²) in [6.45, 7) is 0. The van der Waals surface area contributed by atoms with Crippen molar-refractivity contribution in [2.75, 3.05) is 28.4 Å². The molecule has 0 radical (unpaired) electrons. The van der Waals surface area contributed by atoms with Crippen LogP contribution < -0.4 is 19.5 Å². The van der Waals surface area contributed by atoms with Gasteiger partial charge in [-0.15, -0.1) is 0 Å². The smallest absolute Gasteiger partial charge is 0.203 e. The minimum absolute atomic E-state index is 0.0471. The molecule has 0 spiro atoms. The molecule has 0 aliphatic rings. The minimum atomic E-state index is 0.0471. The zero-order valence-corrected chi connectivity index (χ0v) is 12.8. The first kappa shape index (κ1) is 15.3. The van der Waals surface area contributed by atoms with Gasteiger partial charge in [-0.2, -0.15) is 0 Å². The number of methoxy groups -OCH3 is 3. The normalized spacial score (nSPS) is 12.0. The number of likely N-dealkylation sites (N-methyl/N-ethyl adjacent to an activating group) is 1. The van der Waals surface area contributed by atoms with Gasteiger partial charge < -0.3 is 23.9 Å². The molecule has 114 valence electrons. The van der Waals surface area contributed by atoms with Crippen LogP contribution in [-0.4, -0.2) is 28.4 Å². The van der Waals surface area contributed by atoms with Crippen LogP contribution in [0.3, 0.4) is 0 Å². The first-order valence-electron chi connectivity index (χ1n) is 6.73. The molecule has 0 fully saturated rings. The Kier molecular flexibility index (Phi) is 5.11. The summed E-state index contributed by atoms with van der Waals surface area (Å²) < 4.78 is 21.7. The summed E-state index contributed by atoms with van der Waals surface area (Å²) in [6, 6.07) is 7.74. The first-order chi connectivity index (χ1) is 10.2. The van der Waals surface area contributed by atoms with Gasteiger partial charge in [0, 0.05) is 18.0 Å².